The van der Waals surface area contributed by atoms with Gasteiger partial charge in [-0.05, 0) is 41.6 Å². The predicted molar refractivity (Wildman–Crippen MR) is 91.0 cm³/mol. The number of phenolic OH excluding ortho intramolecular Hbond substituents is 1. The van der Waals surface area contributed by atoms with Crippen molar-refractivity contribution in [1.82, 2.24) is 20.2 Å². The second-order valence-electron chi connectivity index (χ2n) is 5.06. The van der Waals surface area contributed by atoms with Crippen LogP contribution in [0.3, 0.4) is 0 Å². The Morgan fingerprint density at radius 3 is 2.75 bits per heavy atom. The average molecular weight is 341 g/mol. The topological polar surface area (TPSA) is 96.4 Å². The first-order valence-corrected chi connectivity index (χ1v) is 8.15. The van der Waals surface area contributed by atoms with E-state index in [0.717, 1.165) is 11.3 Å². The molecule has 3 rings (SSSR count). The van der Waals surface area contributed by atoms with Gasteiger partial charge in [-0.25, -0.2) is 0 Å². The lowest BCUT2D eigenvalue weighted by atomic mass is 10.1. The predicted octanol–water partition coefficient (Wildman–Crippen LogP) is 2.65. The molecule has 2 N–H and O–H groups in total. The molecule has 0 spiro atoms. The van der Waals surface area contributed by atoms with Crippen LogP contribution in [0.5, 0.6) is 5.75 Å². The number of aryl methyl sites for hydroxylation is 1. The summed E-state index contributed by atoms with van der Waals surface area (Å²) >= 11 is 1.32. The van der Waals surface area contributed by atoms with Crippen molar-refractivity contribution in [2.24, 2.45) is 5.16 Å². The summed E-state index contributed by atoms with van der Waals surface area (Å²) in [6, 6.07) is 14.6. The van der Waals surface area contributed by atoms with E-state index in [1.165, 1.54) is 11.8 Å². The molecule has 0 aliphatic carbocycles. The van der Waals surface area contributed by atoms with Gasteiger partial charge in [0.05, 0.1) is 5.69 Å². The van der Waals surface area contributed by atoms with Gasteiger partial charge in [-0.15, -0.1) is 5.10 Å². The number of phenols is 1. The van der Waals surface area contributed by atoms with Gasteiger partial charge in [0.2, 0.25) is 5.16 Å². The van der Waals surface area contributed by atoms with Crippen molar-refractivity contribution in [3.05, 3.63) is 59.7 Å². The molecule has 0 amide bonds. The molecule has 0 atom stereocenters. The van der Waals surface area contributed by atoms with Crippen LogP contribution in [0, 0.1) is 6.92 Å². The Labute approximate surface area is 142 Å². The van der Waals surface area contributed by atoms with E-state index in [1.54, 1.807) is 22.9 Å². The van der Waals surface area contributed by atoms with E-state index >= 15 is 0 Å². The van der Waals surface area contributed by atoms with E-state index in [4.69, 9.17) is 0 Å². The number of hydrogen-bond acceptors (Lipinski definition) is 7. The quantitative estimate of drug-likeness (QED) is 0.320. The highest BCUT2D eigenvalue weighted by Gasteiger charge is 2.14. The fourth-order valence-electron chi connectivity index (χ4n) is 2.17. The van der Waals surface area contributed by atoms with Gasteiger partial charge in [-0.1, -0.05) is 46.7 Å². The van der Waals surface area contributed by atoms with E-state index in [-0.39, 0.29) is 5.75 Å². The SMILES string of the molecule is Cc1ccc(O)c(C(CSc2nnnn2-c2ccccc2)=NO)c1. The van der Waals surface area contributed by atoms with Gasteiger partial charge in [0.25, 0.3) is 0 Å². The van der Waals surface area contributed by atoms with Gasteiger partial charge in [0.15, 0.2) is 0 Å². The van der Waals surface area contributed by atoms with Crippen LogP contribution in [0.15, 0.2) is 58.8 Å². The average Bonchev–Trinajstić information content (AvgIpc) is 3.07. The van der Waals surface area contributed by atoms with Crippen molar-refractivity contribution in [1.29, 1.82) is 0 Å². The lowest BCUT2D eigenvalue weighted by Crippen LogP contribution is -2.07. The molecule has 3 aromatic rings. The zero-order valence-corrected chi connectivity index (χ0v) is 13.7. The Hall–Kier alpha value is -2.87. The van der Waals surface area contributed by atoms with Crippen molar-refractivity contribution in [2.75, 3.05) is 5.75 Å². The van der Waals surface area contributed by atoms with Crippen LogP contribution in [0.2, 0.25) is 0 Å². The monoisotopic (exact) mass is 341 g/mol. The third kappa shape index (κ3) is 3.38. The van der Waals surface area contributed by atoms with Gasteiger partial charge in [0.1, 0.15) is 11.5 Å². The van der Waals surface area contributed by atoms with Crippen molar-refractivity contribution >= 4 is 17.5 Å². The number of para-hydroxylation sites is 1. The van der Waals surface area contributed by atoms with Gasteiger partial charge in [-0.3, -0.25) is 0 Å². The minimum atomic E-state index is 0.0663. The first kappa shape index (κ1) is 16.0. The molecule has 1 heterocycles. The molecule has 7 nitrogen and oxygen atoms in total. The van der Waals surface area contributed by atoms with Crippen molar-refractivity contribution in [3.8, 4) is 11.4 Å². The minimum Gasteiger partial charge on any atom is -0.507 e. The highest BCUT2D eigenvalue weighted by atomic mass is 32.2. The lowest BCUT2D eigenvalue weighted by Gasteiger charge is -2.08. The molecule has 122 valence electrons. The second kappa shape index (κ2) is 7.14. The summed E-state index contributed by atoms with van der Waals surface area (Å²) in [6.07, 6.45) is 0. The van der Waals surface area contributed by atoms with Crippen LogP contribution in [-0.4, -0.2) is 42.0 Å². The molecule has 0 saturated carbocycles. The molecule has 24 heavy (non-hydrogen) atoms. The Bertz CT molecular complexity index is 864. The summed E-state index contributed by atoms with van der Waals surface area (Å²) in [5, 5.41) is 34.9. The van der Waals surface area contributed by atoms with Crippen molar-refractivity contribution < 1.29 is 10.3 Å². The Morgan fingerprint density at radius 1 is 1.21 bits per heavy atom. The van der Waals surface area contributed by atoms with Crippen LogP contribution in [-0.2, 0) is 0 Å². The van der Waals surface area contributed by atoms with Gasteiger partial charge in [-0.2, -0.15) is 4.68 Å². The van der Waals surface area contributed by atoms with Crippen molar-refractivity contribution in [2.45, 2.75) is 12.1 Å². The van der Waals surface area contributed by atoms with Crippen LogP contribution >= 0.6 is 11.8 Å². The Morgan fingerprint density at radius 2 is 2.00 bits per heavy atom. The summed E-state index contributed by atoms with van der Waals surface area (Å²) in [5.74, 6) is 0.373. The minimum absolute atomic E-state index is 0.0663. The summed E-state index contributed by atoms with van der Waals surface area (Å²) in [5.41, 5.74) is 2.64. The normalized spacial score (nSPS) is 11.6. The smallest absolute Gasteiger partial charge is 0.214 e. The maximum atomic E-state index is 9.98. The molecule has 0 bridgehead atoms. The molecule has 0 saturated heterocycles. The number of rotatable bonds is 5. The number of tetrazole rings is 1. The number of benzene rings is 2. The van der Waals surface area contributed by atoms with E-state index in [0.29, 0.717) is 22.2 Å². The Balaban J connectivity index is 1.81. The van der Waals surface area contributed by atoms with Gasteiger partial charge < -0.3 is 10.3 Å². The molecular weight excluding hydrogens is 326 g/mol. The van der Waals surface area contributed by atoms with Crippen LogP contribution in [0.4, 0.5) is 0 Å². The van der Waals surface area contributed by atoms with Gasteiger partial charge >= 0.3 is 0 Å². The first-order valence-electron chi connectivity index (χ1n) is 7.16. The van der Waals surface area contributed by atoms with Crippen LogP contribution < -0.4 is 0 Å². The third-order valence-corrected chi connectivity index (χ3v) is 4.29. The highest BCUT2D eigenvalue weighted by Crippen LogP contribution is 2.24. The first-order chi connectivity index (χ1) is 11.7. The summed E-state index contributed by atoms with van der Waals surface area (Å²) in [6.45, 7) is 1.90. The molecule has 0 aliphatic rings. The number of aromatic nitrogens is 4. The van der Waals surface area contributed by atoms with Gasteiger partial charge in [0, 0.05) is 11.3 Å². The molecule has 8 heteroatoms. The zero-order valence-electron chi connectivity index (χ0n) is 12.9. The second-order valence-corrected chi connectivity index (χ2v) is 6.01. The van der Waals surface area contributed by atoms with E-state index in [2.05, 4.69) is 20.7 Å². The lowest BCUT2D eigenvalue weighted by molar-refractivity contribution is 0.319. The number of thioether (sulfide) groups is 1. The molecule has 0 radical (unpaired) electrons. The maximum absolute atomic E-state index is 9.98. The summed E-state index contributed by atoms with van der Waals surface area (Å²) < 4.78 is 1.61. The number of nitrogens with zero attached hydrogens (tertiary/aromatic N) is 5. The van der Waals surface area contributed by atoms with E-state index in [9.17, 15) is 10.3 Å². The maximum Gasteiger partial charge on any atom is 0.214 e. The van der Waals surface area contributed by atoms with E-state index < -0.39 is 0 Å². The molecule has 0 aliphatic heterocycles. The molecular formula is C16H15N5O2S. The molecule has 2 aromatic carbocycles. The molecule has 1 aromatic heterocycles. The molecule has 0 unspecified atom stereocenters. The standard InChI is InChI=1S/C16H15N5O2S/c1-11-7-8-15(22)13(9-11)14(18-23)10-24-16-17-19-20-21(16)12-5-3-2-4-6-12/h2-9,22-23H,10H2,1H3. The van der Waals surface area contributed by atoms with Crippen LogP contribution in [0.25, 0.3) is 5.69 Å². The van der Waals surface area contributed by atoms with Crippen LogP contribution in [0.1, 0.15) is 11.1 Å². The fraction of sp³-hybridized carbons (Fsp3) is 0.125. The number of oxime groups is 1. The number of aromatic hydroxyl groups is 1. The molecule has 0 fully saturated rings. The number of hydrogen-bond donors (Lipinski definition) is 2. The van der Waals surface area contributed by atoms with Crippen molar-refractivity contribution in [3.63, 3.8) is 0 Å². The zero-order chi connectivity index (χ0) is 16.9. The fourth-order valence-corrected chi connectivity index (χ4v) is 3.01. The van der Waals surface area contributed by atoms with E-state index in [1.807, 2.05) is 37.3 Å². The largest absolute Gasteiger partial charge is 0.507 e. The highest BCUT2D eigenvalue weighted by molar-refractivity contribution is 7.99. The summed E-state index contributed by atoms with van der Waals surface area (Å²) in [4.78, 5) is 0. The Kier molecular flexibility index (Phi) is 4.76. The summed E-state index contributed by atoms with van der Waals surface area (Å²) in [7, 11) is 0. The third-order valence-electron chi connectivity index (χ3n) is 3.36.